The van der Waals surface area contributed by atoms with E-state index in [1.165, 1.54) is 0 Å². The van der Waals surface area contributed by atoms with Gasteiger partial charge in [0.15, 0.2) is 0 Å². The summed E-state index contributed by atoms with van der Waals surface area (Å²) in [5, 5.41) is 28.5. The van der Waals surface area contributed by atoms with E-state index >= 15 is 0 Å². The second kappa shape index (κ2) is 14.0. The predicted molar refractivity (Wildman–Crippen MR) is 60.5 cm³/mol. The van der Waals surface area contributed by atoms with E-state index in [2.05, 4.69) is 0 Å². The van der Waals surface area contributed by atoms with E-state index in [-0.39, 0.29) is 27.3 Å². The maximum Gasteiger partial charge on any atom is 0.490 e. The Hall–Kier alpha value is -2.04. The second-order valence-corrected chi connectivity index (χ2v) is 3.21. The Labute approximate surface area is 168 Å². The summed E-state index contributed by atoms with van der Waals surface area (Å²) in [5.74, 6) is -11.0. The van der Waals surface area contributed by atoms with Crippen molar-refractivity contribution in [2.75, 3.05) is 0 Å². The molecule has 0 rings (SSSR count). The minimum Gasteiger partial charge on any atom is -0.475 e. The maximum absolute atomic E-state index is 10.6. The number of alkyl halides is 12. The summed E-state index contributed by atoms with van der Waals surface area (Å²) in [4.78, 5) is 35.6. The van der Waals surface area contributed by atoms with E-state index < -0.39 is 48.6 Å². The zero-order valence-electron chi connectivity index (χ0n) is 12.5. The summed E-state index contributed by atoms with van der Waals surface area (Å²) in [6.07, 6.45) is -20.3. The molecule has 0 aliphatic carbocycles. The quantitative estimate of drug-likeness (QED) is 0.228. The van der Waals surface area contributed by atoms with Crippen LogP contribution in [0, 0.1) is 0 Å². The van der Waals surface area contributed by atoms with Crippen LogP contribution in [0.1, 0.15) is 0 Å². The van der Waals surface area contributed by atoms with Crippen LogP contribution in [0.3, 0.4) is 0 Å². The molecule has 0 saturated heterocycles. The molecule has 0 amide bonds. The topological polar surface area (TPSA) is 149 Å². The SMILES string of the molecule is O=C(O)C(F)(F)F.O=C(O)C(F)(F)F.O=C(O)C(F)(F)F.O=C(O)C(F)(F)F.[Pb]. The molecule has 0 bridgehead atoms. The summed E-state index contributed by atoms with van der Waals surface area (Å²) < 4.78 is 127. The molecular formula is C8H4F12O8Pb. The van der Waals surface area contributed by atoms with Crippen LogP contribution >= 0.6 is 0 Å². The van der Waals surface area contributed by atoms with Gasteiger partial charge in [-0.25, -0.2) is 19.2 Å². The molecule has 29 heavy (non-hydrogen) atoms. The summed E-state index contributed by atoms with van der Waals surface area (Å²) in [7, 11) is 0. The number of halogens is 12. The van der Waals surface area contributed by atoms with Gasteiger partial charge < -0.3 is 20.4 Å². The average molecular weight is 663 g/mol. The molecule has 0 aromatic carbocycles. The normalized spacial score (nSPS) is 10.9. The number of hydrogen-bond acceptors (Lipinski definition) is 4. The first-order valence-corrected chi connectivity index (χ1v) is 4.98. The van der Waals surface area contributed by atoms with Crippen molar-refractivity contribution >= 4 is 51.2 Å². The molecule has 4 N–H and O–H groups in total. The van der Waals surface area contributed by atoms with Gasteiger partial charge in [0.1, 0.15) is 0 Å². The molecule has 0 aromatic rings. The van der Waals surface area contributed by atoms with Crippen LogP contribution in [-0.2, 0) is 19.2 Å². The summed E-state index contributed by atoms with van der Waals surface area (Å²) in [5.41, 5.74) is 0. The fraction of sp³-hybridized carbons (Fsp3) is 0.500. The third kappa shape index (κ3) is 30.9. The monoisotopic (exact) mass is 664 g/mol. The van der Waals surface area contributed by atoms with Gasteiger partial charge in [0.2, 0.25) is 0 Å². The van der Waals surface area contributed by atoms with Gasteiger partial charge in [-0.1, -0.05) is 0 Å². The summed E-state index contributed by atoms with van der Waals surface area (Å²) in [6.45, 7) is 0. The number of rotatable bonds is 0. The third-order valence-electron chi connectivity index (χ3n) is 0.970. The van der Waals surface area contributed by atoms with Crippen molar-refractivity contribution in [1.82, 2.24) is 0 Å². The molecule has 0 unspecified atom stereocenters. The zero-order valence-corrected chi connectivity index (χ0v) is 16.3. The zero-order chi connectivity index (χ0) is 24.3. The van der Waals surface area contributed by atoms with E-state index in [4.69, 9.17) is 39.6 Å². The average Bonchev–Trinajstić information content (AvgIpc) is 2.35. The Morgan fingerprint density at radius 3 is 0.414 bits per heavy atom. The van der Waals surface area contributed by atoms with Crippen molar-refractivity contribution in [1.29, 1.82) is 0 Å². The standard InChI is InChI=1S/4C2HF3O2.Pb/c4*3-2(4,5)1(6)7;/h4*(H,6,7);. The van der Waals surface area contributed by atoms with Crippen molar-refractivity contribution in [2.45, 2.75) is 24.7 Å². The fourth-order valence-corrected chi connectivity index (χ4v) is 0. The van der Waals surface area contributed by atoms with Crippen LogP contribution in [-0.4, -0.2) is 96.3 Å². The minimum absolute atomic E-state index is 0. The van der Waals surface area contributed by atoms with Crippen LogP contribution in [0.25, 0.3) is 0 Å². The molecule has 0 heterocycles. The largest absolute Gasteiger partial charge is 0.490 e. The maximum atomic E-state index is 10.6. The van der Waals surface area contributed by atoms with Crippen molar-refractivity contribution in [3.63, 3.8) is 0 Å². The van der Waals surface area contributed by atoms with E-state index in [0.29, 0.717) is 0 Å². The van der Waals surface area contributed by atoms with Crippen molar-refractivity contribution < 1.29 is 92.3 Å². The van der Waals surface area contributed by atoms with Gasteiger partial charge in [-0.3, -0.25) is 0 Å². The molecule has 0 aliphatic rings. The van der Waals surface area contributed by atoms with Gasteiger partial charge in [-0.15, -0.1) is 0 Å². The van der Waals surface area contributed by atoms with E-state index in [1.807, 2.05) is 0 Å². The summed E-state index contributed by atoms with van der Waals surface area (Å²) >= 11 is 0. The molecule has 0 atom stereocenters. The molecule has 0 spiro atoms. The Kier molecular flexibility index (Phi) is 18.2. The Balaban J connectivity index is -0.0000000873. The number of carboxylic acids is 4. The number of carboxylic acid groups (broad SMARTS) is 4. The molecule has 8 nitrogen and oxygen atoms in total. The second-order valence-electron chi connectivity index (χ2n) is 3.21. The molecule has 21 heteroatoms. The smallest absolute Gasteiger partial charge is 0.475 e. The fourth-order valence-electron chi connectivity index (χ4n) is 0. The van der Waals surface area contributed by atoms with Gasteiger partial charge in [-0.05, 0) is 0 Å². The van der Waals surface area contributed by atoms with Crippen molar-refractivity contribution in [3.05, 3.63) is 0 Å². The number of carbonyl (C=O) groups is 4. The molecule has 0 aromatic heterocycles. The van der Waals surface area contributed by atoms with Crippen LogP contribution in [0.15, 0.2) is 0 Å². The Morgan fingerprint density at radius 2 is 0.414 bits per heavy atom. The number of hydrogen-bond donors (Lipinski definition) is 4. The van der Waals surface area contributed by atoms with E-state index in [1.54, 1.807) is 0 Å². The van der Waals surface area contributed by atoms with Crippen LogP contribution < -0.4 is 0 Å². The first-order valence-electron chi connectivity index (χ1n) is 4.98. The predicted octanol–water partition coefficient (Wildman–Crippen LogP) is 2.15. The van der Waals surface area contributed by atoms with Crippen molar-refractivity contribution in [3.8, 4) is 0 Å². The van der Waals surface area contributed by atoms with Crippen LogP contribution in [0.5, 0.6) is 0 Å². The van der Waals surface area contributed by atoms with Gasteiger partial charge >= 0.3 is 48.6 Å². The molecule has 4 radical (unpaired) electrons. The third-order valence-corrected chi connectivity index (χ3v) is 0.970. The molecule has 0 saturated carbocycles. The molecule has 0 aliphatic heterocycles. The first kappa shape index (κ1) is 37.7. The van der Waals surface area contributed by atoms with Gasteiger partial charge in [0.05, 0.1) is 0 Å². The molecule has 172 valence electrons. The number of aliphatic carboxylic acids is 4. The van der Waals surface area contributed by atoms with E-state index in [0.717, 1.165) is 0 Å². The summed E-state index contributed by atoms with van der Waals surface area (Å²) in [6, 6.07) is 0. The van der Waals surface area contributed by atoms with Crippen LogP contribution in [0.2, 0.25) is 0 Å². The van der Waals surface area contributed by atoms with E-state index in [9.17, 15) is 52.7 Å². The first-order chi connectivity index (χ1) is 11.8. The van der Waals surface area contributed by atoms with Gasteiger partial charge in [0, 0.05) is 27.3 Å². The molecule has 0 fully saturated rings. The van der Waals surface area contributed by atoms with Crippen molar-refractivity contribution in [2.24, 2.45) is 0 Å². The molecular weight excluding hydrogens is 659 g/mol. The van der Waals surface area contributed by atoms with Gasteiger partial charge in [-0.2, -0.15) is 52.7 Å². The minimum atomic E-state index is -5.08. The van der Waals surface area contributed by atoms with Crippen LogP contribution in [0.4, 0.5) is 52.7 Å². The Bertz CT molecular complexity index is 436. The Morgan fingerprint density at radius 1 is 0.379 bits per heavy atom. The van der Waals surface area contributed by atoms with Gasteiger partial charge in [0.25, 0.3) is 0 Å².